The molecule has 1 heterocycles. The van der Waals surface area contributed by atoms with E-state index in [1.165, 1.54) is 0 Å². The van der Waals surface area contributed by atoms with Crippen molar-refractivity contribution in [1.29, 1.82) is 0 Å². The molecule has 0 saturated carbocycles. The molecule has 1 aliphatic heterocycles. The lowest BCUT2D eigenvalue weighted by atomic mass is 9.97. The number of halogens is 1. The molecule has 0 spiro atoms. The predicted molar refractivity (Wildman–Crippen MR) is 74.4 cm³/mol. The highest BCUT2D eigenvalue weighted by Crippen LogP contribution is 2.27. The summed E-state index contributed by atoms with van der Waals surface area (Å²) in [4.78, 5) is 13.9. The van der Waals surface area contributed by atoms with E-state index >= 15 is 0 Å². The summed E-state index contributed by atoms with van der Waals surface area (Å²) in [6.07, 6.45) is 2.13. The molecule has 18 heavy (non-hydrogen) atoms. The molecule has 1 atom stereocenters. The van der Waals surface area contributed by atoms with Crippen molar-refractivity contribution in [3.63, 3.8) is 0 Å². The maximum absolute atomic E-state index is 11.7. The monoisotopic (exact) mass is 273 g/mol. The summed E-state index contributed by atoms with van der Waals surface area (Å²) in [7, 11) is 0. The first-order valence-corrected chi connectivity index (χ1v) is 6.88. The zero-order valence-corrected chi connectivity index (χ0v) is 12.8. The Bertz CT molecular complexity index is 340. The Hall–Kier alpha value is -0.700. The standard InChI is InChI=1S/C14H24ClNO2/c1-10(2)12(15)16-8-6-7-11(16)9-18-13(17)14(3,4)5/h11H,6-9H2,1-5H3. The molecule has 0 radical (unpaired) electrons. The molecule has 3 nitrogen and oxygen atoms in total. The van der Waals surface area contributed by atoms with Crippen LogP contribution in [0.15, 0.2) is 10.7 Å². The number of hydrogen-bond acceptors (Lipinski definition) is 3. The summed E-state index contributed by atoms with van der Waals surface area (Å²) in [5, 5.41) is 0.796. The maximum Gasteiger partial charge on any atom is 0.311 e. The third-order valence-electron chi connectivity index (χ3n) is 3.06. The van der Waals surface area contributed by atoms with Gasteiger partial charge in [-0.15, -0.1) is 0 Å². The lowest BCUT2D eigenvalue weighted by Crippen LogP contribution is -2.34. The maximum atomic E-state index is 11.7. The molecule has 104 valence electrons. The number of carbonyl (C=O) groups is 1. The van der Waals surface area contributed by atoms with E-state index in [1.807, 2.05) is 34.6 Å². The second kappa shape index (κ2) is 5.96. The molecule has 1 aliphatic rings. The van der Waals surface area contributed by atoms with Gasteiger partial charge in [-0.25, -0.2) is 0 Å². The smallest absolute Gasteiger partial charge is 0.311 e. The SMILES string of the molecule is CC(C)=C(Cl)N1CCCC1COC(=O)C(C)(C)C. The van der Waals surface area contributed by atoms with E-state index in [2.05, 4.69) is 4.90 Å². The van der Waals surface area contributed by atoms with Crippen LogP contribution in [0.1, 0.15) is 47.5 Å². The van der Waals surface area contributed by atoms with Gasteiger partial charge in [-0.3, -0.25) is 4.79 Å². The molecule has 0 bridgehead atoms. The summed E-state index contributed by atoms with van der Waals surface area (Å²) < 4.78 is 5.39. The predicted octanol–water partition coefficient (Wildman–Crippen LogP) is 3.53. The summed E-state index contributed by atoms with van der Waals surface area (Å²) in [6, 6.07) is 0.221. The fourth-order valence-electron chi connectivity index (χ4n) is 1.94. The molecular weight excluding hydrogens is 250 g/mol. The lowest BCUT2D eigenvalue weighted by Gasteiger charge is -2.27. The van der Waals surface area contributed by atoms with Gasteiger partial charge < -0.3 is 9.64 Å². The van der Waals surface area contributed by atoms with Crippen molar-refractivity contribution in [2.45, 2.75) is 53.5 Å². The molecule has 1 rings (SSSR count). The number of rotatable bonds is 3. The number of carbonyl (C=O) groups excluding carboxylic acids is 1. The minimum atomic E-state index is -0.441. The van der Waals surface area contributed by atoms with E-state index in [1.54, 1.807) is 0 Å². The zero-order valence-electron chi connectivity index (χ0n) is 12.0. The highest BCUT2D eigenvalue weighted by Gasteiger charge is 2.29. The fraction of sp³-hybridized carbons (Fsp3) is 0.786. The van der Waals surface area contributed by atoms with Crippen LogP contribution < -0.4 is 0 Å². The van der Waals surface area contributed by atoms with Gasteiger partial charge in [0.1, 0.15) is 11.8 Å². The van der Waals surface area contributed by atoms with Crippen LogP contribution in [0.3, 0.4) is 0 Å². The average molecular weight is 274 g/mol. The number of likely N-dealkylation sites (tertiary alicyclic amines) is 1. The van der Waals surface area contributed by atoms with E-state index < -0.39 is 5.41 Å². The molecule has 0 N–H and O–H groups in total. The Balaban J connectivity index is 2.57. The van der Waals surface area contributed by atoms with Crippen molar-refractivity contribution >= 4 is 17.6 Å². The molecule has 0 aromatic rings. The summed E-state index contributed by atoms with van der Waals surface area (Å²) in [6.45, 7) is 11.0. The Morgan fingerprint density at radius 1 is 1.39 bits per heavy atom. The molecule has 0 aromatic carbocycles. The van der Waals surface area contributed by atoms with Gasteiger partial charge in [0.05, 0.1) is 11.5 Å². The minimum absolute atomic E-state index is 0.150. The summed E-state index contributed by atoms with van der Waals surface area (Å²) in [5.41, 5.74) is 0.662. The molecule has 1 saturated heterocycles. The number of nitrogens with zero attached hydrogens (tertiary/aromatic N) is 1. The largest absolute Gasteiger partial charge is 0.463 e. The molecule has 4 heteroatoms. The van der Waals surface area contributed by atoms with Crippen molar-refractivity contribution < 1.29 is 9.53 Å². The first kappa shape index (κ1) is 15.4. The number of ether oxygens (including phenoxy) is 1. The zero-order chi connectivity index (χ0) is 13.9. The second-order valence-electron chi connectivity index (χ2n) is 6.13. The Labute approximate surface area is 115 Å². The third-order valence-corrected chi connectivity index (χ3v) is 3.66. The Morgan fingerprint density at radius 2 is 2.00 bits per heavy atom. The van der Waals surface area contributed by atoms with Crippen LogP contribution in [0.4, 0.5) is 0 Å². The van der Waals surface area contributed by atoms with Crippen LogP contribution in [-0.2, 0) is 9.53 Å². The van der Waals surface area contributed by atoms with Crippen molar-refractivity contribution in [2.24, 2.45) is 5.41 Å². The van der Waals surface area contributed by atoms with Crippen LogP contribution in [0.5, 0.6) is 0 Å². The molecule has 1 fully saturated rings. The summed E-state index contributed by atoms with van der Waals surface area (Å²) in [5.74, 6) is -0.150. The van der Waals surface area contributed by atoms with Crippen molar-refractivity contribution in [3.05, 3.63) is 10.7 Å². The van der Waals surface area contributed by atoms with Gasteiger partial charge in [-0.1, -0.05) is 11.6 Å². The first-order valence-electron chi connectivity index (χ1n) is 6.50. The first-order chi connectivity index (χ1) is 8.23. The molecular formula is C14H24ClNO2. The van der Waals surface area contributed by atoms with Gasteiger partial charge in [0.25, 0.3) is 0 Å². The van der Waals surface area contributed by atoms with E-state index in [-0.39, 0.29) is 12.0 Å². The quantitative estimate of drug-likeness (QED) is 0.582. The summed E-state index contributed by atoms with van der Waals surface area (Å²) >= 11 is 6.29. The van der Waals surface area contributed by atoms with Crippen LogP contribution in [0.25, 0.3) is 0 Å². The molecule has 0 aromatic heterocycles. The van der Waals surface area contributed by atoms with Crippen LogP contribution >= 0.6 is 11.6 Å². The Kier molecular flexibility index (Phi) is 5.09. The van der Waals surface area contributed by atoms with Gasteiger partial charge in [0, 0.05) is 6.54 Å². The topological polar surface area (TPSA) is 29.5 Å². The lowest BCUT2D eigenvalue weighted by molar-refractivity contribution is -0.154. The van der Waals surface area contributed by atoms with Gasteiger partial charge >= 0.3 is 5.97 Å². The molecule has 0 aliphatic carbocycles. The number of esters is 1. The third kappa shape index (κ3) is 3.91. The van der Waals surface area contributed by atoms with E-state index in [4.69, 9.17) is 16.3 Å². The van der Waals surface area contributed by atoms with Crippen molar-refractivity contribution in [3.8, 4) is 0 Å². The number of allylic oxidation sites excluding steroid dienone is 1. The van der Waals surface area contributed by atoms with E-state index in [0.717, 1.165) is 30.1 Å². The highest BCUT2D eigenvalue weighted by atomic mass is 35.5. The van der Waals surface area contributed by atoms with Crippen LogP contribution in [0.2, 0.25) is 0 Å². The minimum Gasteiger partial charge on any atom is -0.463 e. The van der Waals surface area contributed by atoms with Crippen LogP contribution in [0, 0.1) is 5.41 Å². The number of hydrogen-bond donors (Lipinski definition) is 0. The van der Waals surface area contributed by atoms with Gasteiger partial charge in [0.15, 0.2) is 0 Å². The van der Waals surface area contributed by atoms with E-state index in [0.29, 0.717) is 6.61 Å². The normalized spacial score (nSPS) is 19.9. The van der Waals surface area contributed by atoms with Gasteiger partial charge in [0.2, 0.25) is 0 Å². The van der Waals surface area contributed by atoms with E-state index in [9.17, 15) is 4.79 Å². The highest BCUT2D eigenvalue weighted by molar-refractivity contribution is 6.29. The van der Waals surface area contributed by atoms with Crippen LogP contribution in [-0.4, -0.2) is 30.1 Å². The second-order valence-corrected chi connectivity index (χ2v) is 6.49. The van der Waals surface area contributed by atoms with Gasteiger partial charge in [-0.2, -0.15) is 0 Å². The molecule has 0 amide bonds. The average Bonchev–Trinajstić information content (AvgIpc) is 2.71. The van der Waals surface area contributed by atoms with Crippen molar-refractivity contribution in [2.75, 3.05) is 13.2 Å². The van der Waals surface area contributed by atoms with Crippen molar-refractivity contribution in [1.82, 2.24) is 4.90 Å². The Morgan fingerprint density at radius 3 is 2.50 bits per heavy atom. The molecule has 1 unspecified atom stereocenters. The van der Waals surface area contributed by atoms with Gasteiger partial charge in [-0.05, 0) is 53.0 Å². The fourth-order valence-corrected chi connectivity index (χ4v) is 2.17.